The molecule has 0 saturated heterocycles. The van der Waals surface area contributed by atoms with Gasteiger partial charge in [0.1, 0.15) is 0 Å². The number of halogens is 1. The summed E-state index contributed by atoms with van der Waals surface area (Å²) in [7, 11) is 0. The molecule has 7 heteroatoms. The monoisotopic (exact) mass is 232 g/mol. The fraction of sp³-hybridized carbons (Fsp3) is 0. The van der Waals surface area contributed by atoms with E-state index in [0.717, 1.165) is 0 Å². The zero-order valence-electron chi connectivity index (χ0n) is 2.46. The molecule has 0 bridgehead atoms. The molecule has 0 heterocycles. The Bertz CT molecular complexity index is 37.8. The van der Waals surface area contributed by atoms with Crippen LogP contribution in [0.15, 0.2) is 0 Å². The first-order chi connectivity index (χ1) is 2.56. The van der Waals surface area contributed by atoms with E-state index >= 15 is 0 Å². The third-order valence-electron chi connectivity index (χ3n) is 0.0845. The van der Waals surface area contributed by atoms with Gasteiger partial charge in [-0.3, -0.25) is 10.3 Å². The largest absolute Gasteiger partial charge is 0.422 e. The molecule has 0 saturated carbocycles. The number of hydrogen-bond acceptors (Lipinski definition) is 5. The van der Waals surface area contributed by atoms with Crippen LogP contribution in [0.5, 0.6) is 0 Å². The van der Waals surface area contributed by atoms with Gasteiger partial charge >= 0.3 is 49.7 Å². The molecule has 0 aromatic heterocycles. The van der Waals surface area contributed by atoms with Crippen LogP contribution in [0.1, 0.15) is 0 Å². The van der Waals surface area contributed by atoms with E-state index < -0.39 is 20.1 Å². The number of rotatable bonds is 1. The summed E-state index contributed by atoms with van der Waals surface area (Å²) in [6.07, 6.45) is 0. The minimum atomic E-state index is -5.67. The normalized spacial score (nSPS) is 10.3. The Labute approximate surface area is 67.8 Å². The van der Waals surface area contributed by atoms with Crippen LogP contribution in [-0.2, 0) is 3.22 Å². The van der Waals surface area contributed by atoms with Gasteiger partial charge in [0.25, 0.3) is 0 Å². The van der Waals surface area contributed by atoms with Gasteiger partial charge in [-0.2, -0.15) is 0 Å². The van der Waals surface area contributed by atoms with Crippen LogP contribution >= 0.6 is 0 Å². The molecule has 0 aliphatic carbocycles. The van der Waals surface area contributed by atoms with E-state index in [1.807, 2.05) is 0 Å². The van der Waals surface area contributed by atoms with Crippen molar-refractivity contribution in [3.63, 3.8) is 0 Å². The third-order valence-corrected chi connectivity index (χ3v) is 0.567. The quantitative estimate of drug-likeness (QED) is 0.209. The molecule has 0 spiro atoms. The Morgan fingerprint density at radius 3 is 1.43 bits per heavy atom. The average molecular weight is 232 g/mol. The molecule has 0 aliphatic heterocycles. The molecule has 0 amide bonds. The minimum absolute atomic E-state index is 0. The second-order valence-electron chi connectivity index (χ2n) is 0.447. The van der Waals surface area contributed by atoms with Crippen molar-refractivity contribution >= 4 is 29.6 Å². The van der Waals surface area contributed by atoms with Crippen LogP contribution in [0, 0.1) is 0 Å². The third kappa shape index (κ3) is 11.2. The van der Waals surface area contributed by atoms with Gasteiger partial charge in [0.2, 0.25) is 3.22 Å². The molecular formula is H2INaO5. The molecule has 0 rings (SSSR count). The van der Waals surface area contributed by atoms with Crippen LogP contribution in [0.25, 0.3) is 0 Å². The van der Waals surface area contributed by atoms with Gasteiger partial charge in [0.15, 0.2) is 0 Å². The molecule has 5 nitrogen and oxygen atoms in total. The van der Waals surface area contributed by atoms with E-state index in [1.165, 1.54) is 0 Å². The summed E-state index contributed by atoms with van der Waals surface area (Å²) >= 11 is -5.67. The maximum atomic E-state index is 9.07. The molecule has 1 N–H and O–H groups in total. The van der Waals surface area contributed by atoms with Gasteiger partial charge in [0.05, 0.1) is 0 Å². The van der Waals surface area contributed by atoms with Crippen LogP contribution < -0.4 is 30.4 Å². The first kappa shape index (κ1) is 11.3. The van der Waals surface area contributed by atoms with Gasteiger partial charge in [-0.15, -0.1) is 5.26 Å². The standard InChI is InChI=1S/HIO5.Na.H/c2-1(3,4)6-5;;/h5H;;. The summed E-state index contributed by atoms with van der Waals surface area (Å²) in [5, 5.41) is 7.05. The van der Waals surface area contributed by atoms with Crippen LogP contribution in [-0.4, -0.2) is 34.8 Å². The summed E-state index contributed by atoms with van der Waals surface area (Å²) < 4.78 is 29.7. The Hall–Kier alpha value is 1.53. The maximum absolute atomic E-state index is 9.07. The Morgan fingerprint density at radius 2 is 1.43 bits per heavy atom. The predicted molar refractivity (Wildman–Crippen MR) is 10.9 cm³/mol. The SMILES string of the molecule is [NaH].[O-][I+3]([O-])([O-])OO. The van der Waals surface area contributed by atoms with Gasteiger partial charge < -0.3 is 0 Å². The first-order valence-corrected chi connectivity index (χ1v) is 4.32. The van der Waals surface area contributed by atoms with E-state index in [2.05, 4.69) is 3.22 Å². The smallest absolute Gasteiger partial charge is 0.253 e. The van der Waals surface area contributed by atoms with E-state index in [4.69, 9.17) is 15.6 Å². The Morgan fingerprint density at radius 1 is 1.29 bits per heavy atom. The Balaban J connectivity index is 0. The fourth-order valence-electron chi connectivity index (χ4n) is 0. The average Bonchev–Trinajstić information content (AvgIpc) is 1.35. The summed E-state index contributed by atoms with van der Waals surface area (Å²) in [5.74, 6) is 0. The topological polar surface area (TPSA) is 98.6 Å². The molecule has 0 atom stereocenters. The zero-order chi connectivity index (χ0) is 5.21. The van der Waals surface area contributed by atoms with E-state index in [-0.39, 0.29) is 29.6 Å². The summed E-state index contributed by atoms with van der Waals surface area (Å²) in [6.45, 7) is 0. The van der Waals surface area contributed by atoms with Crippen molar-refractivity contribution in [3.8, 4) is 0 Å². The van der Waals surface area contributed by atoms with E-state index in [9.17, 15) is 0 Å². The second kappa shape index (κ2) is 4.41. The molecule has 0 radical (unpaired) electrons. The van der Waals surface area contributed by atoms with Crippen molar-refractivity contribution in [2.75, 3.05) is 0 Å². The van der Waals surface area contributed by atoms with Crippen molar-refractivity contribution < 1.29 is 38.9 Å². The van der Waals surface area contributed by atoms with Crippen molar-refractivity contribution in [1.29, 1.82) is 0 Å². The summed E-state index contributed by atoms with van der Waals surface area (Å²) in [6, 6.07) is 0. The minimum Gasteiger partial charge on any atom is -0.253 e. The number of hydrogen-bond donors (Lipinski definition) is 1. The van der Waals surface area contributed by atoms with Gasteiger partial charge in [0, 0.05) is 0 Å². The molecular weight excluding hydrogens is 230 g/mol. The van der Waals surface area contributed by atoms with Gasteiger partial charge in [-0.05, 0) is 0 Å². The molecule has 40 valence electrons. The van der Waals surface area contributed by atoms with E-state index in [0.29, 0.717) is 0 Å². The van der Waals surface area contributed by atoms with Crippen molar-refractivity contribution in [1.82, 2.24) is 0 Å². The Kier molecular flexibility index (Phi) is 7.15. The van der Waals surface area contributed by atoms with Crippen LogP contribution in [0.4, 0.5) is 0 Å². The summed E-state index contributed by atoms with van der Waals surface area (Å²) in [5.41, 5.74) is 0. The van der Waals surface area contributed by atoms with Crippen molar-refractivity contribution in [3.05, 3.63) is 0 Å². The van der Waals surface area contributed by atoms with Gasteiger partial charge in [-0.1, -0.05) is 0 Å². The molecule has 7 heavy (non-hydrogen) atoms. The van der Waals surface area contributed by atoms with Gasteiger partial charge in [-0.25, -0.2) is 0 Å². The predicted octanol–water partition coefficient (Wildman–Crippen LogP) is -7.27. The van der Waals surface area contributed by atoms with Crippen molar-refractivity contribution in [2.45, 2.75) is 0 Å². The van der Waals surface area contributed by atoms with E-state index in [1.54, 1.807) is 0 Å². The summed E-state index contributed by atoms with van der Waals surface area (Å²) in [4.78, 5) is 0. The van der Waals surface area contributed by atoms with Crippen LogP contribution in [0.3, 0.4) is 0 Å². The first-order valence-electron chi connectivity index (χ1n) is 0.800. The molecule has 0 aromatic carbocycles. The fourth-order valence-corrected chi connectivity index (χ4v) is 0. The van der Waals surface area contributed by atoms with Crippen molar-refractivity contribution in [2.24, 2.45) is 0 Å². The van der Waals surface area contributed by atoms with Crippen LogP contribution in [0.2, 0.25) is 0 Å². The second-order valence-corrected chi connectivity index (χ2v) is 3.00. The molecule has 0 fully saturated rings. The molecule has 0 aliphatic rings. The molecule has 0 unspecified atom stereocenters. The molecule has 0 aromatic rings. The zero-order valence-corrected chi connectivity index (χ0v) is 4.62. The maximum Gasteiger partial charge on any atom is 0.422 e.